The smallest absolute Gasteiger partial charge is 0.394 e. The lowest BCUT2D eigenvalue weighted by atomic mass is 10.1. The molecule has 6 nitrogen and oxygen atoms in total. The van der Waals surface area contributed by atoms with Gasteiger partial charge in [-0.25, -0.2) is 4.79 Å². The lowest BCUT2D eigenvalue weighted by molar-refractivity contribution is -0.147. The van der Waals surface area contributed by atoms with Gasteiger partial charge in [-0.2, -0.15) is 0 Å². The zero-order valence-electron chi connectivity index (χ0n) is 15.1. The van der Waals surface area contributed by atoms with Crippen LogP contribution in [0, 0.1) is 6.92 Å². The number of fused-ring (bicyclic) bond motifs is 2. The van der Waals surface area contributed by atoms with Crippen molar-refractivity contribution in [1.29, 1.82) is 0 Å². The molecule has 0 radical (unpaired) electrons. The van der Waals surface area contributed by atoms with Crippen molar-refractivity contribution >= 4 is 40.2 Å². The van der Waals surface area contributed by atoms with E-state index in [1.165, 1.54) is 12.1 Å². The summed E-state index contributed by atoms with van der Waals surface area (Å²) in [6.45, 7) is 2.02. The summed E-state index contributed by atoms with van der Waals surface area (Å²) in [5, 5.41) is 11.4. The number of carbonyl (C=O) groups is 2. The molecule has 1 aliphatic rings. The van der Waals surface area contributed by atoms with E-state index in [0.717, 1.165) is 16.7 Å². The summed E-state index contributed by atoms with van der Waals surface area (Å²) >= 11 is 0. The topological polar surface area (TPSA) is 96.6 Å². The SMILES string of the molecule is Cc1cccc(C=C2CCc3c2oc2cc(NC(=O)C(=O)O)ccc2c3=O)c1. The number of rotatable bonds is 2. The second-order valence-electron chi connectivity index (χ2n) is 6.79. The predicted molar refractivity (Wildman–Crippen MR) is 106 cm³/mol. The Morgan fingerprint density at radius 1 is 1.14 bits per heavy atom. The van der Waals surface area contributed by atoms with E-state index in [-0.39, 0.29) is 11.1 Å². The van der Waals surface area contributed by atoms with Crippen LogP contribution in [0.2, 0.25) is 0 Å². The summed E-state index contributed by atoms with van der Waals surface area (Å²) in [7, 11) is 0. The highest BCUT2D eigenvalue weighted by Crippen LogP contribution is 2.34. The second-order valence-corrected chi connectivity index (χ2v) is 6.79. The quantitative estimate of drug-likeness (QED) is 0.667. The van der Waals surface area contributed by atoms with Gasteiger partial charge < -0.3 is 14.8 Å². The third-order valence-electron chi connectivity index (χ3n) is 4.76. The van der Waals surface area contributed by atoms with Gasteiger partial charge in [0.1, 0.15) is 11.3 Å². The van der Waals surface area contributed by atoms with Crippen LogP contribution in [0.25, 0.3) is 22.6 Å². The molecule has 3 aromatic rings. The van der Waals surface area contributed by atoms with Crippen molar-refractivity contribution in [1.82, 2.24) is 0 Å². The van der Waals surface area contributed by atoms with Crippen molar-refractivity contribution in [2.24, 2.45) is 0 Å². The molecule has 2 N–H and O–H groups in total. The molecule has 0 atom stereocenters. The van der Waals surface area contributed by atoms with Gasteiger partial charge in [-0.1, -0.05) is 29.8 Å². The Labute approximate surface area is 160 Å². The van der Waals surface area contributed by atoms with Crippen LogP contribution < -0.4 is 10.7 Å². The van der Waals surface area contributed by atoms with E-state index < -0.39 is 11.9 Å². The molecule has 0 saturated carbocycles. The summed E-state index contributed by atoms with van der Waals surface area (Å²) in [5.74, 6) is -2.18. The first kappa shape index (κ1) is 17.7. The predicted octanol–water partition coefficient (Wildman–Crippen LogP) is 3.61. The number of carboxylic acid groups (broad SMARTS) is 1. The molecule has 1 aliphatic carbocycles. The Bertz CT molecular complexity index is 1220. The van der Waals surface area contributed by atoms with E-state index in [1.807, 2.05) is 31.2 Å². The summed E-state index contributed by atoms with van der Waals surface area (Å²) < 4.78 is 6.02. The van der Waals surface area contributed by atoms with Gasteiger partial charge in [0.2, 0.25) is 0 Å². The Morgan fingerprint density at radius 3 is 2.71 bits per heavy atom. The molecule has 2 aromatic carbocycles. The van der Waals surface area contributed by atoms with Crippen LogP contribution in [-0.2, 0) is 16.0 Å². The molecule has 1 amide bonds. The Kier molecular flexibility index (Phi) is 4.31. The maximum atomic E-state index is 12.8. The molecule has 0 aliphatic heterocycles. The molecule has 1 aromatic heterocycles. The number of aliphatic carboxylic acids is 1. The normalized spacial score (nSPS) is 14.2. The maximum absolute atomic E-state index is 12.8. The molecular weight excluding hydrogens is 358 g/mol. The van der Waals surface area contributed by atoms with Crippen molar-refractivity contribution in [3.63, 3.8) is 0 Å². The molecule has 0 unspecified atom stereocenters. The van der Waals surface area contributed by atoms with Crippen molar-refractivity contribution in [3.8, 4) is 0 Å². The van der Waals surface area contributed by atoms with E-state index in [0.29, 0.717) is 35.1 Å². The zero-order valence-corrected chi connectivity index (χ0v) is 15.1. The maximum Gasteiger partial charge on any atom is 0.394 e. The van der Waals surface area contributed by atoms with Crippen molar-refractivity contribution < 1.29 is 19.1 Å². The molecule has 140 valence electrons. The van der Waals surface area contributed by atoms with E-state index in [9.17, 15) is 14.4 Å². The Balaban J connectivity index is 1.80. The van der Waals surface area contributed by atoms with Gasteiger partial charge in [-0.05, 0) is 49.1 Å². The number of allylic oxidation sites excluding steroid dienone is 1. The lowest BCUT2D eigenvalue weighted by Crippen LogP contribution is -2.21. The summed E-state index contributed by atoms with van der Waals surface area (Å²) in [5.41, 5.74) is 4.24. The largest absolute Gasteiger partial charge is 0.474 e. The molecule has 6 heteroatoms. The molecule has 0 saturated heterocycles. The van der Waals surface area contributed by atoms with Crippen LogP contribution in [0.5, 0.6) is 0 Å². The van der Waals surface area contributed by atoms with Crippen molar-refractivity contribution in [2.75, 3.05) is 5.32 Å². The lowest BCUT2D eigenvalue weighted by Gasteiger charge is -2.07. The molecule has 0 fully saturated rings. The van der Waals surface area contributed by atoms with Crippen LogP contribution >= 0.6 is 0 Å². The van der Waals surface area contributed by atoms with Crippen LogP contribution in [0.3, 0.4) is 0 Å². The second kappa shape index (κ2) is 6.81. The monoisotopic (exact) mass is 375 g/mol. The minimum absolute atomic E-state index is 0.0972. The van der Waals surface area contributed by atoms with Crippen molar-refractivity contribution in [3.05, 3.63) is 75.1 Å². The van der Waals surface area contributed by atoms with Crippen molar-refractivity contribution in [2.45, 2.75) is 19.8 Å². The van der Waals surface area contributed by atoms with Gasteiger partial charge >= 0.3 is 11.9 Å². The summed E-state index contributed by atoms with van der Waals surface area (Å²) in [4.78, 5) is 34.9. The van der Waals surface area contributed by atoms with Crippen LogP contribution in [0.1, 0.15) is 28.9 Å². The number of carbonyl (C=O) groups excluding carboxylic acids is 1. The van der Waals surface area contributed by atoms with Gasteiger partial charge in [-0.3, -0.25) is 9.59 Å². The average Bonchev–Trinajstić information content (AvgIpc) is 3.04. The van der Waals surface area contributed by atoms with E-state index in [2.05, 4.69) is 11.4 Å². The molecule has 1 heterocycles. The fraction of sp³-hybridized carbons (Fsp3) is 0.136. The van der Waals surface area contributed by atoms with Gasteiger partial charge in [-0.15, -0.1) is 0 Å². The average molecular weight is 375 g/mol. The van der Waals surface area contributed by atoms with Gasteiger partial charge in [0.15, 0.2) is 5.43 Å². The number of aryl methyl sites for hydroxylation is 1. The zero-order chi connectivity index (χ0) is 19.8. The number of amides is 1. The molecular formula is C22H17NO5. The van der Waals surface area contributed by atoms with Crippen LogP contribution in [-0.4, -0.2) is 17.0 Å². The Morgan fingerprint density at radius 2 is 1.96 bits per heavy atom. The number of carboxylic acids is 1. The van der Waals surface area contributed by atoms with E-state index in [4.69, 9.17) is 9.52 Å². The highest BCUT2D eigenvalue weighted by Gasteiger charge is 2.24. The number of nitrogens with one attached hydrogen (secondary N) is 1. The summed E-state index contributed by atoms with van der Waals surface area (Å²) in [6.07, 6.45) is 3.34. The number of hydrogen-bond acceptors (Lipinski definition) is 4. The number of hydrogen-bond donors (Lipinski definition) is 2. The first-order valence-electron chi connectivity index (χ1n) is 8.84. The third-order valence-corrected chi connectivity index (χ3v) is 4.76. The summed E-state index contributed by atoms with van der Waals surface area (Å²) in [6, 6.07) is 12.6. The Hall–Kier alpha value is -3.67. The third kappa shape index (κ3) is 3.20. The van der Waals surface area contributed by atoms with Crippen LogP contribution in [0.4, 0.5) is 5.69 Å². The van der Waals surface area contributed by atoms with Crippen LogP contribution in [0.15, 0.2) is 51.7 Å². The van der Waals surface area contributed by atoms with Gasteiger partial charge in [0.05, 0.1) is 5.39 Å². The van der Waals surface area contributed by atoms with E-state index in [1.54, 1.807) is 6.07 Å². The first-order valence-corrected chi connectivity index (χ1v) is 8.84. The van der Waals surface area contributed by atoms with Gasteiger partial charge in [0, 0.05) is 17.3 Å². The molecule has 0 spiro atoms. The standard InChI is InChI=1S/C22H17NO5/c1-12-3-2-4-13(9-12)10-14-5-7-17-19(24)16-8-6-15(23-21(25)22(26)27)11-18(16)28-20(14)17/h2-4,6,8-11H,5,7H2,1H3,(H,23,25)(H,26,27). The fourth-order valence-electron chi connectivity index (χ4n) is 3.45. The fourth-order valence-corrected chi connectivity index (χ4v) is 3.45. The minimum atomic E-state index is -1.58. The highest BCUT2D eigenvalue weighted by atomic mass is 16.4. The number of benzene rings is 2. The van der Waals surface area contributed by atoms with E-state index >= 15 is 0 Å². The minimum Gasteiger partial charge on any atom is -0.474 e. The molecule has 0 bridgehead atoms. The molecule has 4 rings (SSSR count). The highest BCUT2D eigenvalue weighted by molar-refractivity contribution is 6.36. The molecule has 28 heavy (non-hydrogen) atoms. The number of anilines is 1. The van der Waals surface area contributed by atoms with Gasteiger partial charge in [0.25, 0.3) is 0 Å². The first-order chi connectivity index (χ1) is 13.4.